The Morgan fingerprint density at radius 1 is 1.06 bits per heavy atom. The van der Waals surface area contributed by atoms with Gasteiger partial charge in [-0.1, -0.05) is 20.8 Å². The molecule has 0 saturated heterocycles. The minimum atomic E-state index is -4.42. The molecule has 0 saturated carbocycles. The number of hydrogen-bond acceptors (Lipinski definition) is 0. The molecule has 0 heterocycles. The molecule has 1 aromatic rings. The first-order chi connectivity index (χ1) is 7.23. The van der Waals surface area contributed by atoms with Crippen LogP contribution in [-0.2, 0) is 6.18 Å². The van der Waals surface area contributed by atoms with Crippen molar-refractivity contribution < 1.29 is 17.6 Å². The topological polar surface area (TPSA) is 0 Å². The molecule has 0 aliphatic heterocycles. The zero-order chi connectivity index (χ0) is 12.5. The molecule has 0 fully saturated rings. The van der Waals surface area contributed by atoms with Crippen LogP contribution in [0.5, 0.6) is 0 Å². The number of rotatable bonds is 2. The molecule has 0 nitrogen and oxygen atoms in total. The molecule has 1 aromatic carbocycles. The average molecular weight is 234 g/mol. The first kappa shape index (κ1) is 13.0. The first-order valence-corrected chi connectivity index (χ1v) is 5.10. The first-order valence-electron chi connectivity index (χ1n) is 5.10. The molecule has 16 heavy (non-hydrogen) atoms. The van der Waals surface area contributed by atoms with Crippen molar-refractivity contribution in [3.8, 4) is 0 Å². The molecule has 0 N–H and O–H groups in total. The van der Waals surface area contributed by atoms with Crippen LogP contribution in [0.1, 0.15) is 37.8 Å². The second-order valence-electron chi connectivity index (χ2n) is 4.27. The van der Waals surface area contributed by atoms with Gasteiger partial charge in [0.15, 0.2) is 0 Å². The van der Waals surface area contributed by atoms with Gasteiger partial charge in [-0.05, 0) is 35.6 Å². The van der Waals surface area contributed by atoms with Crippen molar-refractivity contribution in [1.29, 1.82) is 0 Å². The molecule has 0 spiro atoms. The van der Waals surface area contributed by atoms with Crippen LogP contribution in [0.3, 0.4) is 0 Å². The van der Waals surface area contributed by atoms with Gasteiger partial charge < -0.3 is 0 Å². The van der Waals surface area contributed by atoms with Gasteiger partial charge in [0.05, 0.1) is 5.56 Å². The third-order valence-corrected chi connectivity index (χ3v) is 2.81. The highest BCUT2D eigenvalue weighted by Gasteiger charge is 2.31. The number of alkyl halides is 3. The Kier molecular flexibility index (Phi) is 3.61. The van der Waals surface area contributed by atoms with Gasteiger partial charge in [-0.15, -0.1) is 0 Å². The minimum Gasteiger partial charge on any atom is -0.207 e. The number of hydrogen-bond donors (Lipinski definition) is 0. The van der Waals surface area contributed by atoms with E-state index in [1.54, 1.807) is 6.92 Å². The van der Waals surface area contributed by atoms with E-state index in [-0.39, 0.29) is 17.4 Å². The quantitative estimate of drug-likeness (QED) is 0.656. The SMILES string of the molecule is CC(C)[C@H](C)c1cc(C(F)(F)F)ccc1F. The molecule has 0 bridgehead atoms. The molecule has 90 valence electrons. The fraction of sp³-hybridized carbons (Fsp3) is 0.500. The maximum atomic E-state index is 13.4. The molecular formula is C12H14F4. The Balaban J connectivity index is 3.19. The van der Waals surface area contributed by atoms with Gasteiger partial charge in [-0.2, -0.15) is 13.2 Å². The van der Waals surface area contributed by atoms with Crippen LogP contribution in [-0.4, -0.2) is 0 Å². The highest BCUT2D eigenvalue weighted by atomic mass is 19.4. The van der Waals surface area contributed by atoms with E-state index in [2.05, 4.69) is 0 Å². The smallest absolute Gasteiger partial charge is 0.207 e. The van der Waals surface area contributed by atoms with Crippen LogP contribution >= 0.6 is 0 Å². The zero-order valence-electron chi connectivity index (χ0n) is 9.40. The van der Waals surface area contributed by atoms with Crippen LogP contribution in [0.25, 0.3) is 0 Å². The summed E-state index contributed by atoms with van der Waals surface area (Å²) >= 11 is 0. The van der Waals surface area contributed by atoms with Crippen molar-refractivity contribution in [1.82, 2.24) is 0 Å². The fourth-order valence-corrected chi connectivity index (χ4v) is 1.43. The lowest BCUT2D eigenvalue weighted by Crippen LogP contribution is -2.10. The summed E-state index contributed by atoms with van der Waals surface area (Å²) in [5, 5.41) is 0. The predicted octanol–water partition coefficient (Wildman–Crippen LogP) is 4.60. The standard InChI is InChI=1S/C12H14F4/c1-7(2)8(3)10-6-9(12(14,15)16)4-5-11(10)13/h4-8H,1-3H3/t8-/m0/s1. The summed E-state index contributed by atoms with van der Waals surface area (Å²) in [5.41, 5.74) is -0.666. The van der Waals surface area contributed by atoms with Crippen molar-refractivity contribution in [2.24, 2.45) is 5.92 Å². The number of halogens is 4. The second kappa shape index (κ2) is 4.44. The van der Waals surface area contributed by atoms with Crippen molar-refractivity contribution in [3.63, 3.8) is 0 Å². The van der Waals surface area contributed by atoms with Crippen LogP contribution in [0.15, 0.2) is 18.2 Å². The Hall–Kier alpha value is -1.06. The lowest BCUT2D eigenvalue weighted by Gasteiger charge is -2.18. The fourth-order valence-electron chi connectivity index (χ4n) is 1.43. The van der Waals surface area contributed by atoms with Crippen molar-refractivity contribution in [3.05, 3.63) is 35.1 Å². The Morgan fingerprint density at radius 3 is 2.06 bits per heavy atom. The summed E-state index contributed by atoms with van der Waals surface area (Å²) < 4.78 is 50.7. The van der Waals surface area contributed by atoms with Crippen LogP contribution < -0.4 is 0 Å². The van der Waals surface area contributed by atoms with Crippen LogP contribution in [0, 0.1) is 11.7 Å². The lowest BCUT2D eigenvalue weighted by molar-refractivity contribution is -0.137. The van der Waals surface area contributed by atoms with Crippen molar-refractivity contribution >= 4 is 0 Å². The molecule has 0 aliphatic carbocycles. The van der Waals surface area contributed by atoms with Gasteiger partial charge in [0.2, 0.25) is 0 Å². The predicted molar refractivity (Wildman–Crippen MR) is 54.7 cm³/mol. The van der Waals surface area contributed by atoms with E-state index < -0.39 is 17.6 Å². The van der Waals surface area contributed by atoms with Gasteiger partial charge >= 0.3 is 6.18 Å². The Bertz CT molecular complexity index is 366. The average Bonchev–Trinajstić information content (AvgIpc) is 2.15. The molecule has 4 heteroatoms. The molecule has 1 rings (SSSR count). The van der Waals surface area contributed by atoms with E-state index >= 15 is 0 Å². The van der Waals surface area contributed by atoms with Gasteiger partial charge in [-0.25, -0.2) is 4.39 Å². The lowest BCUT2D eigenvalue weighted by atomic mass is 9.89. The van der Waals surface area contributed by atoms with Gasteiger partial charge in [-0.3, -0.25) is 0 Å². The monoisotopic (exact) mass is 234 g/mol. The molecule has 1 atom stereocenters. The molecule has 0 radical (unpaired) electrons. The molecule has 0 aromatic heterocycles. The van der Waals surface area contributed by atoms with Crippen LogP contribution in [0.4, 0.5) is 17.6 Å². The third-order valence-electron chi connectivity index (χ3n) is 2.81. The van der Waals surface area contributed by atoms with Gasteiger partial charge in [0.25, 0.3) is 0 Å². The van der Waals surface area contributed by atoms with Gasteiger partial charge in [0, 0.05) is 0 Å². The van der Waals surface area contributed by atoms with E-state index in [1.165, 1.54) is 0 Å². The van der Waals surface area contributed by atoms with Crippen LogP contribution in [0.2, 0.25) is 0 Å². The summed E-state index contributed by atoms with van der Waals surface area (Å²) in [6.45, 7) is 5.43. The summed E-state index contributed by atoms with van der Waals surface area (Å²) in [4.78, 5) is 0. The van der Waals surface area contributed by atoms with E-state index in [0.717, 1.165) is 18.2 Å². The normalized spacial score (nSPS) is 14.2. The second-order valence-corrected chi connectivity index (χ2v) is 4.27. The van der Waals surface area contributed by atoms with E-state index in [1.807, 2.05) is 13.8 Å². The van der Waals surface area contributed by atoms with Crippen molar-refractivity contribution in [2.45, 2.75) is 32.9 Å². The number of benzene rings is 1. The maximum absolute atomic E-state index is 13.4. The molecule has 0 amide bonds. The third kappa shape index (κ3) is 2.74. The summed E-state index contributed by atoms with van der Waals surface area (Å²) in [5.74, 6) is -0.713. The molecule has 0 unspecified atom stereocenters. The Morgan fingerprint density at radius 2 is 1.62 bits per heavy atom. The summed E-state index contributed by atoms with van der Waals surface area (Å²) in [6, 6.07) is 2.56. The summed E-state index contributed by atoms with van der Waals surface area (Å²) in [6.07, 6.45) is -4.42. The highest BCUT2D eigenvalue weighted by Crippen LogP contribution is 2.33. The minimum absolute atomic E-state index is 0.0954. The van der Waals surface area contributed by atoms with Gasteiger partial charge in [0.1, 0.15) is 5.82 Å². The molecular weight excluding hydrogens is 220 g/mol. The van der Waals surface area contributed by atoms with E-state index in [0.29, 0.717) is 0 Å². The van der Waals surface area contributed by atoms with Crippen molar-refractivity contribution in [2.75, 3.05) is 0 Å². The van der Waals surface area contributed by atoms with E-state index in [4.69, 9.17) is 0 Å². The highest BCUT2D eigenvalue weighted by molar-refractivity contribution is 5.29. The zero-order valence-corrected chi connectivity index (χ0v) is 9.40. The van der Waals surface area contributed by atoms with E-state index in [9.17, 15) is 17.6 Å². The molecule has 0 aliphatic rings. The summed E-state index contributed by atoms with van der Waals surface area (Å²) in [7, 11) is 0. The largest absolute Gasteiger partial charge is 0.416 e. The Labute approximate surface area is 92.3 Å². The maximum Gasteiger partial charge on any atom is 0.416 e.